The average molecular weight is 290 g/mol. The van der Waals surface area contributed by atoms with E-state index in [9.17, 15) is 4.79 Å². The number of hydrogen-bond acceptors (Lipinski definition) is 1. The molecule has 0 fully saturated rings. The lowest BCUT2D eigenvalue weighted by Gasteiger charge is -2.23. The first kappa shape index (κ1) is 13.1. The van der Waals surface area contributed by atoms with Crippen molar-refractivity contribution in [2.24, 2.45) is 7.05 Å². The third-order valence-corrected chi connectivity index (χ3v) is 4.55. The summed E-state index contributed by atoms with van der Waals surface area (Å²) in [5.41, 5.74) is 4.08. The van der Waals surface area contributed by atoms with Gasteiger partial charge in [0, 0.05) is 30.4 Å². The molecular formula is C19H18N2O. The van der Waals surface area contributed by atoms with Crippen molar-refractivity contribution in [3.63, 3.8) is 0 Å². The lowest BCUT2D eigenvalue weighted by atomic mass is 10.1. The molecule has 1 aromatic heterocycles. The maximum Gasteiger partial charge on any atom is 0.260 e. The summed E-state index contributed by atoms with van der Waals surface area (Å²) in [4.78, 5) is 15.1. The van der Waals surface area contributed by atoms with Crippen LogP contribution in [0.25, 0.3) is 10.9 Å². The van der Waals surface area contributed by atoms with Gasteiger partial charge in [0.05, 0.1) is 11.1 Å². The molecule has 0 saturated heterocycles. The van der Waals surface area contributed by atoms with Gasteiger partial charge in [-0.1, -0.05) is 30.3 Å². The molecule has 1 unspecified atom stereocenters. The maximum atomic E-state index is 13.2. The van der Waals surface area contributed by atoms with Crippen LogP contribution in [0.5, 0.6) is 0 Å². The number of amides is 1. The van der Waals surface area contributed by atoms with Gasteiger partial charge >= 0.3 is 0 Å². The van der Waals surface area contributed by atoms with E-state index in [-0.39, 0.29) is 11.9 Å². The van der Waals surface area contributed by atoms with Crippen LogP contribution < -0.4 is 4.90 Å². The fourth-order valence-corrected chi connectivity index (χ4v) is 3.53. The minimum absolute atomic E-state index is 0.0878. The fraction of sp³-hybridized carbons (Fsp3) is 0.211. The monoisotopic (exact) mass is 290 g/mol. The zero-order chi connectivity index (χ0) is 15.3. The zero-order valence-electron chi connectivity index (χ0n) is 12.8. The van der Waals surface area contributed by atoms with Crippen molar-refractivity contribution in [3.8, 4) is 0 Å². The van der Waals surface area contributed by atoms with Crippen LogP contribution in [0, 0.1) is 0 Å². The molecule has 4 rings (SSSR count). The third kappa shape index (κ3) is 1.78. The molecule has 0 spiro atoms. The Kier molecular flexibility index (Phi) is 2.83. The van der Waals surface area contributed by atoms with Crippen molar-refractivity contribution in [2.45, 2.75) is 19.4 Å². The number of carbonyl (C=O) groups excluding carboxylic acids is 1. The van der Waals surface area contributed by atoms with Crippen molar-refractivity contribution < 1.29 is 4.79 Å². The smallest absolute Gasteiger partial charge is 0.260 e. The molecule has 0 N–H and O–H groups in total. The molecule has 1 aliphatic heterocycles. The third-order valence-electron chi connectivity index (χ3n) is 4.55. The van der Waals surface area contributed by atoms with Crippen molar-refractivity contribution in [1.29, 1.82) is 0 Å². The number of hydrogen-bond donors (Lipinski definition) is 0. The quantitative estimate of drug-likeness (QED) is 0.669. The van der Waals surface area contributed by atoms with E-state index < -0.39 is 0 Å². The first-order chi connectivity index (χ1) is 10.7. The number of rotatable bonds is 1. The van der Waals surface area contributed by atoms with Gasteiger partial charge in [0.15, 0.2) is 0 Å². The number of benzene rings is 2. The maximum absolute atomic E-state index is 13.2. The highest BCUT2D eigenvalue weighted by atomic mass is 16.2. The number of nitrogens with zero attached hydrogens (tertiary/aromatic N) is 2. The van der Waals surface area contributed by atoms with E-state index in [1.165, 1.54) is 5.56 Å². The van der Waals surface area contributed by atoms with Gasteiger partial charge in [0.1, 0.15) is 0 Å². The highest BCUT2D eigenvalue weighted by Crippen LogP contribution is 2.34. The van der Waals surface area contributed by atoms with Gasteiger partial charge < -0.3 is 9.47 Å². The van der Waals surface area contributed by atoms with Crippen molar-refractivity contribution in [2.75, 3.05) is 4.90 Å². The van der Waals surface area contributed by atoms with Crippen molar-refractivity contribution in [3.05, 3.63) is 65.9 Å². The molecule has 1 atom stereocenters. The van der Waals surface area contributed by atoms with Gasteiger partial charge in [-0.2, -0.15) is 0 Å². The SMILES string of the molecule is CC1Cc2ccccc2N1C(=O)c1cccc2ccn(C)c12. The molecule has 2 aromatic carbocycles. The minimum Gasteiger partial charge on any atom is -0.350 e. The summed E-state index contributed by atoms with van der Waals surface area (Å²) >= 11 is 0. The molecule has 0 saturated carbocycles. The summed E-state index contributed by atoms with van der Waals surface area (Å²) in [7, 11) is 1.99. The van der Waals surface area contributed by atoms with E-state index in [1.807, 2.05) is 65.2 Å². The highest BCUT2D eigenvalue weighted by Gasteiger charge is 2.32. The van der Waals surface area contributed by atoms with Gasteiger partial charge in [0.2, 0.25) is 0 Å². The van der Waals surface area contributed by atoms with Gasteiger partial charge in [0.25, 0.3) is 5.91 Å². The molecule has 0 aliphatic carbocycles. The Balaban J connectivity index is 1.86. The van der Waals surface area contributed by atoms with Crippen LogP contribution in [0.1, 0.15) is 22.8 Å². The number of aromatic nitrogens is 1. The Morgan fingerprint density at radius 2 is 1.91 bits per heavy atom. The molecule has 3 nitrogen and oxygen atoms in total. The van der Waals surface area contributed by atoms with Crippen LogP contribution in [0.2, 0.25) is 0 Å². The van der Waals surface area contributed by atoms with Crippen molar-refractivity contribution in [1.82, 2.24) is 4.57 Å². The van der Waals surface area contributed by atoms with Crippen LogP contribution in [-0.4, -0.2) is 16.5 Å². The molecule has 0 bridgehead atoms. The molecule has 110 valence electrons. The van der Waals surface area contributed by atoms with E-state index in [0.717, 1.165) is 28.6 Å². The van der Waals surface area contributed by atoms with Crippen molar-refractivity contribution >= 4 is 22.5 Å². The summed E-state index contributed by atoms with van der Waals surface area (Å²) < 4.78 is 2.02. The Hall–Kier alpha value is -2.55. The number of carbonyl (C=O) groups is 1. The number of fused-ring (bicyclic) bond motifs is 2. The van der Waals surface area contributed by atoms with Crippen LogP contribution in [-0.2, 0) is 13.5 Å². The zero-order valence-corrected chi connectivity index (χ0v) is 12.8. The van der Waals surface area contributed by atoms with E-state index >= 15 is 0 Å². The normalized spacial score (nSPS) is 17.0. The van der Waals surface area contributed by atoms with Crippen LogP contribution in [0.15, 0.2) is 54.7 Å². The summed E-state index contributed by atoms with van der Waals surface area (Å²) in [6.07, 6.45) is 2.92. The molecular weight excluding hydrogens is 272 g/mol. The van der Waals surface area contributed by atoms with Crippen LogP contribution in [0.3, 0.4) is 0 Å². The minimum atomic E-state index is 0.0878. The standard InChI is InChI=1S/C19H18N2O/c1-13-12-15-6-3-4-9-17(15)21(13)19(22)16-8-5-7-14-10-11-20(2)18(14)16/h3-11,13H,12H2,1-2H3. The average Bonchev–Trinajstić information content (AvgIpc) is 3.06. The van der Waals surface area contributed by atoms with E-state index in [1.54, 1.807) is 0 Å². The van der Waals surface area contributed by atoms with Gasteiger partial charge in [-0.3, -0.25) is 4.79 Å². The molecule has 1 amide bonds. The number of anilines is 1. The number of aryl methyl sites for hydroxylation is 1. The van der Waals surface area contributed by atoms with Gasteiger partial charge in [-0.25, -0.2) is 0 Å². The largest absolute Gasteiger partial charge is 0.350 e. The molecule has 1 aliphatic rings. The summed E-state index contributed by atoms with van der Waals surface area (Å²) in [5.74, 6) is 0.0878. The number of para-hydroxylation sites is 2. The first-order valence-electron chi connectivity index (χ1n) is 7.62. The second kappa shape index (κ2) is 4.73. The van der Waals surface area contributed by atoms with Crippen LogP contribution >= 0.6 is 0 Å². The summed E-state index contributed by atoms with van der Waals surface area (Å²) in [5, 5.41) is 1.11. The lowest BCUT2D eigenvalue weighted by Crippen LogP contribution is -2.36. The molecule has 3 aromatic rings. The van der Waals surface area contributed by atoms with E-state index in [2.05, 4.69) is 13.0 Å². The Morgan fingerprint density at radius 1 is 1.09 bits per heavy atom. The Bertz CT molecular complexity index is 878. The summed E-state index contributed by atoms with van der Waals surface area (Å²) in [6, 6.07) is 16.4. The van der Waals surface area contributed by atoms with Crippen LogP contribution in [0.4, 0.5) is 5.69 Å². The molecule has 0 radical (unpaired) electrons. The fourth-order valence-electron chi connectivity index (χ4n) is 3.53. The molecule has 3 heteroatoms. The summed E-state index contributed by atoms with van der Waals surface area (Å²) in [6.45, 7) is 2.11. The predicted molar refractivity (Wildman–Crippen MR) is 89.3 cm³/mol. The molecule has 22 heavy (non-hydrogen) atoms. The second-order valence-corrected chi connectivity index (χ2v) is 6.03. The Morgan fingerprint density at radius 3 is 2.77 bits per heavy atom. The lowest BCUT2D eigenvalue weighted by molar-refractivity contribution is 0.0982. The van der Waals surface area contributed by atoms with Gasteiger partial charge in [-0.05, 0) is 37.1 Å². The Labute approximate surface area is 129 Å². The first-order valence-corrected chi connectivity index (χ1v) is 7.62. The highest BCUT2D eigenvalue weighted by molar-refractivity contribution is 6.14. The van der Waals surface area contributed by atoms with E-state index in [4.69, 9.17) is 0 Å². The predicted octanol–water partition coefficient (Wildman–Crippen LogP) is 3.77. The van der Waals surface area contributed by atoms with Gasteiger partial charge in [-0.15, -0.1) is 0 Å². The van der Waals surface area contributed by atoms with E-state index in [0.29, 0.717) is 0 Å². The second-order valence-electron chi connectivity index (χ2n) is 6.03. The molecule has 2 heterocycles. The topological polar surface area (TPSA) is 25.2 Å².